The summed E-state index contributed by atoms with van der Waals surface area (Å²) in [6.07, 6.45) is -3.30. The minimum absolute atomic E-state index is 0.0813. The highest BCUT2D eigenvalue weighted by Crippen LogP contribution is 2.25. The second-order valence-electron chi connectivity index (χ2n) is 6.32. The normalized spacial score (nSPS) is 14.0. The Labute approximate surface area is 178 Å². The molecule has 1 amide bonds. The van der Waals surface area contributed by atoms with E-state index in [9.17, 15) is 18.0 Å². The van der Waals surface area contributed by atoms with E-state index in [2.05, 4.69) is 15.0 Å². The molecule has 0 unspecified atom stereocenters. The van der Waals surface area contributed by atoms with Gasteiger partial charge in [-0.3, -0.25) is 4.79 Å². The van der Waals surface area contributed by atoms with Crippen molar-refractivity contribution in [3.05, 3.63) is 53.7 Å². The first-order valence-corrected chi connectivity index (χ1v) is 9.89. The molecule has 4 heterocycles. The minimum atomic E-state index is -5.08. The van der Waals surface area contributed by atoms with Crippen LogP contribution in [-0.2, 0) is 4.79 Å². The molecule has 164 valence electrons. The van der Waals surface area contributed by atoms with E-state index in [0.717, 1.165) is 23.8 Å². The summed E-state index contributed by atoms with van der Waals surface area (Å²) in [7, 11) is 0. The van der Waals surface area contributed by atoms with Crippen LogP contribution in [0.25, 0.3) is 10.6 Å². The van der Waals surface area contributed by atoms with Crippen molar-refractivity contribution < 1.29 is 32.4 Å². The molecule has 1 N–H and O–H groups in total. The van der Waals surface area contributed by atoms with Crippen LogP contribution in [-0.4, -0.2) is 64.4 Å². The van der Waals surface area contributed by atoms with E-state index >= 15 is 0 Å². The van der Waals surface area contributed by atoms with Crippen LogP contribution in [0.4, 0.5) is 19.0 Å². The van der Waals surface area contributed by atoms with Crippen LogP contribution in [0.5, 0.6) is 0 Å². The third-order valence-electron chi connectivity index (χ3n) is 4.28. The van der Waals surface area contributed by atoms with Gasteiger partial charge in [-0.15, -0.1) is 11.3 Å². The quantitative estimate of drug-likeness (QED) is 0.648. The molecule has 0 spiro atoms. The van der Waals surface area contributed by atoms with E-state index in [1.165, 1.54) is 0 Å². The summed E-state index contributed by atoms with van der Waals surface area (Å²) in [5.74, 6) is -1.25. The second kappa shape index (κ2) is 9.60. The lowest BCUT2D eigenvalue weighted by atomic mass is 10.2. The number of rotatable bonds is 3. The molecule has 31 heavy (non-hydrogen) atoms. The third kappa shape index (κ3) is 5.81. The number of nitrogens with zero attached hydrogens (tertiary/aromatic N) is 4. The van der Waals surface area contributed by atoms with Crippen molar-refractivity contribution in [1.29, 1.82) is 0 Å². The lowest BCUT2D eigenvalue weighted by Crippen LogP contribution is -2.49. The summed E-state index contributed by atoms with van der Waals surface area (Å²) in [4.78, 5) is 30.8. The van der Waals surface area contributed by atoms with Gasteiger partial charge in [0.1, 0.15) is 5.82 Å². The van der Waals surface area contributed by atoms with Gasteiger partial charge in [0, 0.05) is 38.4 Å². The molecule has 3 aromatic rings. The van der Waals surface area contributed by atoms with Crippen LogP contribution < -0.4 is 4.90 Å². The number of thiophene rings is 1. The van der Waals surface area contributed by atoms with E-state index in [-0.39, 0.29) is 5.91 Å². The Morgan fingerprint density at radius 2 is 1.81 bits per heavy atom. The van der Waals surface area contributed by atoms with Crippen LogP contribution in [0.15, 0.2) is 52.5 Å². The number of hydrogen-bond donors (Lipinski definition) is 1. The maximum Gasteiger partial charge on any atom is 0.490 e. The lowest BCUT2D eigenvalue weighted by Gasteiger charge is -2.34. The largest absolute Gasteiger partial charge is 0.490 e. The van der Waals surface area contributed by atoms with Gasteiger partial charge in [0.2, 0.25) is 0 Å². The molecule has 1 saturated heterocycles. The highest BCUT2D eigenvalue weighted by molar-refractivity contribution is 7.13. The molecule has 8 nitrogen and oxygen atoms in total. The average Bonchev–Trinajstić information content (AvgIpc) is 3.46. The summed E-state index contributed by atoms with van der Waals surface area (Å²) in [5, 5.41) is 13.0. The molecule has 0 atom stereocenters. The van der Waals surface area contributed by atoms with Crippen molar-refractivity contribution in [3.63, 3.8) is 0 Å². The molecule has 0 radical (unpaired) electrons. The number of aliphatic carboxylic acids is 1. The van der Waals surface area contributed by atoms with E-state index in [4.69, 9.17) is 14.4 Å². The summed E-state index contributed by atoms with van der Waals surface area (Å²) in [6.45, 7) is 2.82. The monoisotopic (exact) mass is 454 g/mol. The molecule has 0 aromatic carbocycles. The van der Waals surface area contributed by atoms with Gasteiger partial charge < -0.3 is 19.4 Å². The van der Waals surface area contributed by atoms with Crippen molar-refractivity contribution in [2.24, 2.45) is 0 Å². The number of carboxylic acids is 1. The first-order chi connectivity index (χ1) is 14.8. The Bertz CT molecular complexity index is 1000. The first-order valence-electron chi connectivity index (χ1n) is 9.01. The zero-order chi connectivity index (χ0) is 22.4. The number of pyridine rings is 1. The number of carboxylic acid groups (broad SMARTS) is 1. The molecule has 1 fully saturated rings. The Kier molecular flexibility index (Phi) is 6.90. The summed E-state index contributed by atoms with van der Waals surface area (Å²) in [5.41, 5.74) is 0.365. The number of carbonyl (C=O) groups excluding carboxylic acids is 1. The van der Waals surface area contributed by atoms with Gasteiger partial charge in [-0.1, -0.05) is 17.3 Å². The summed E-state index contributed by atoms with van der Waals surface area (Å²) in [6, 6.07) is 11.5. The smallest absolute Gasteiger partial charge is 0.475 e. The number of amides is 1. The Morgan fingerprint density at radius 1 is 1.10 bits per heavy atom. The lowest BCUT2D eigenvalue weighted by molar-refractivity contribution is -0.192. The maximum absolute atomic E-state index is 12.6. The van der Waals surface area contributed by atoms with Crippen LogP contribution >= 0.6 is 11.3 Å². The Morgan fingerprint density at radius 3 is 2.35 bits per heavy atom. The van der Waals surface area contributed by atoms with Crippen LogP contribution in [0.1, 0.15) is 10.5 Å². The minimum Gasteiger partial charge on any atom is -0.475 e. The topological polar surface area (TPSA) is 99.8 Å². The van der Waals surface area contributed by atoms with Crippen LogP contribution in [0.3, 0.4) is 0 Å². The molecule has 1 aliphatic heterocycles. The number of anilines is 1. The number of alkyl halides is 3. The van der Waals surface area contributed by atoms with Crippen LogP contribution in [0.2, 0.25) is 0 Å². The predicted octanol–water partition coefficient (Wildman–Crippen LogP) is 3.39. The SMILES string of the molecule is O=C(O)C(F)(F)F.O=C(c1cc(-c2cccs2)on1)N1CCN(c2ccccn2)CC1. The highest BCUT2D eigenvalue weighted by atomic mass is 32.1. The number of carbonyl (C=O) groups is 2. The zero-order valence-electron chi connectivity index (χ0n) is 16.0. The van der Waals surface area contributed by atoms with Gasteiger partial charge in [-0.05, 0) is 23.6 Å². The second-order valence-corrected chi connectivity index (χ2v) is 7.27. The molecule has 12 heteroatoms. The van der Waals surface area contributed by atoms with Gasteiger partial charge in [-0.2, -0.15) is 13.2 Å². The van der Waals surface area contributed by atoms with Gasteiger partial charge in [0.05, 0.1) is 4.88 Å². The molecular formula is C19H17F3N4O4S. The zero-order valence-corrected chi connectivity index (χ0v) is 16.8. The highest BCUT2D eigenvalue weighted by Gasteiger charge is 2.38. The van der Waals surface area contributed by atoms with Crippen molar-refractivity contribution in [3.8, 4) is 10.6 Å². The number of aromatic nitrogens is 2. The number of piperazine rings is 1. The van der Waals surface area contributed by atoms with Crippen molar-refractivity contribution >= 4 is 29.0 Å². The predicted molar refractivity (Wildman–Crippen MR) is 106 cm³/mol. The third-order valence-corrected chi connectivity index (χ3v) is 5.16. The van der Waals surface area contributed by atoms with Gasteiger partial charge >= 0.3 is 12.1 Å². The summed E-state index contributed by atoms with van der Waals surface area (Å²) >= 11 is 1.56. The molecule has 3 aromatic heterocycles. The van der Waals surface area contributed by atoms with Crippen molar-refractivity contribution in [2.45, 2.75) is 6.18 Å². The van der Waals surface area contributed by atoms with Crippen molar-refractivity contribution in [1.82, 2.24) is 15.0 Å². The average molecular weight is 454 g/mol. The Balaban J connectivity index is 0.000000339. The van der Waals surface area contributed by atoms with Gasteiger partial charge in [0.15, 0.2) is 11.5 Å². The molecule has 0 bridgehead atoms. The van der Waals surface area contributed by atoms with E-state index in [1.807, 2.05) is 40.6 Å². The maximum atomic E-state index is 12.6. The first kappa shape index (κ1) is 22.3. The fourth-order valence-corrected chi connectivity index (χ4v) is 3.43. The van der Waals surface area contributed by atoms with E-state index in [1.54, 1.807) is 23.6 Å². The molecular weight excluding hydrogens is 437 g/mol. The number of hydrogen-bond acceptors (Lipinski definition) is 7. The van der Waals surface area contributed by atoms with Crippen LogP contribution in [0, 0.1) is 0 Å². The molecule has 0 aliphatic carbocycles. The molecule has 1 aliphatic rings. The summed E-state index contributed by atoms with van der Waals surface area (Å²) < 4.78 is 37.0. The Hall–Kier alpha value is -3.41. The number of halogens is 3. The standard InChI is InChI=1S/C17H16N4O2S.C2HF3O2/c22-17(13-12-14(23-19-13)15-4-3-11-24-15)21-9-7-20(8-10-21)16-5-1-2-6-18-16;3-2(4,5)1(6)7/h1-6,11-12H,7-10H2;(H,6,7). The van der Waals surface area contributed by atoms with Crippen molar-refractivity contribution in [2.75, 3.05) is 31.1 Å². The fraction of sp³-hybridized carbons (Fsp3) is 0.263. The van der Waals surface area contributed by atoms with E-state index in [0.29, 0.717) is 24.5 Å². The fourth-order valence-electron chi connectivity index (χ4n) is 2.75. The van der Waals surface area contributed by atoms with E-state index < -0.39 is 12.1 Å². The van der Waals surface area contributed by atoms with Gasteiger partial charge in [-0.25, -0.2) is 9.78 Å². The molecule has 4 rings (SSSR count). The van der Waals surface area contributed by atoms with Gasteiger partial charge in [0.25, 0.3) is 5.91 Å². The molecule has 0 saturated carbocycles.